The standard InChI is InChI=1S/C23H21N3O4/c27-22-18(11-17-10-15(23(28)29)2-4-20(17)25-22)21-12-16-9-14(1-3-19(16)24-21)13-26-5-7-30-8-6-26/h1-4,9-12,24H,5-8,13H2,(H,25,27)(H,28,29). The smallest absolute Gasteiger partial charge is 0.335 e. The molecule has 30 heavy (non-hydrogen) atoms. The van der Waals surface area contributed by atoms with Gasteiger partial charge in [0.25, 0.3) is 5.56 Å². The van der Waals surface area contributed by atoms with Crippen molar-refractivity contribution in [2.45, 2.75) is 6.54 Å². The molecule has 1 aliphatic heterocycles. The number of carboxylic acids is 1. The number of aromatic nitrogens is 2. The van der Waals surface area contributed by atoms with Gasteiger partial charge in [0, 0.05) is 36.1 Å². The van der Waals surface area contributed by atoms with Crippen molar-refractivity contribution in [3.05, 3.63) is 70.0 Å². The van der Waals surface area contributed by atoms with Crippen molar-refractivity contribution in [3.63, 3.8) is 0 Å². The Bertz CT molecular complexity index is 1320. The molecule has 3 N–H and O–H groups in total. The molecule has 0 bridgehead atoms. The van der Waals surface area contributed by atoms with Crippen LogP contribution in [0.2, 0.25) is 0 Å². The number of carbonyl (C=O) groups is 1. The fourth-order valence-electron chi connectivity index (χ4n) is 3.98. The first kappa shape index (κ1) is 18.6. The van der Waals surface area contributed by atoms with Crippen molar-refractivity contribution in [2.24, 2.45) is 0 Å². The topological polar surface area (TPSA) is 98.4 Å². The van der Waals surface area contributed by atoms with Gasteiger partial charge in [-0.2, -0.15) is 0 Å². The summed E-state index contributed by atoms with van der Waals surface area (Å²) in [5.74, 6) is -0.997. The lowest BCUT2D eigenvalue weighted by Gasteiger charge is -2.26. The zero-order valence-electron chi connectivity index (χ0n) is 16.3. The van der Waals surface area contributed by atoms with Gasteiger partial charge in [-0.25, -0.2) is 4.79 Å². The maximum atomic E-state index is 12.6. The summed E-state index contributed by atoms with van der Waals surface area (Å²) in [5, 5.41) is 10.9. The zero-order valence-corrected chi connectivity index (χ0v) is 16.3. The number of benzene rings is 2. The SMILES string of the molecule is O=C(O)c1ccc2[nH]c(=O)c(-c3cc4cc(CN5CCOCC5)ccc4[nH]3)cc2c1. The second-order valence-electron chi connectivity index (χ2n) is 7.61. The molecule has 2 aromatic carbocycles. The lowest BCUT2D eigenvalue weighted by molar-refractivity contribution is 0.0342. The Balaban J connectivity index is 1.52. The van der Waals surface area contributed by atoms with E-state index in [1.807, 2.05) is 12.1 Å². The fraction of sp³-hybridized carbons (Fsp3) is 0.217. The predicted octanol–water partition coefficient (Wildman–Crippen LogP) is 3.21. The molecule has 7 nitrogen and oxygen atoms in total. The van der Waals surface area contributed by atoms with E-state index in [-0.39, 0.29) is 11.1 Å². The van der Waals surface area contributed by atoms with Crippen molar-refractivity contribution in [3.8, 4) is 11.3 Å². The molecule has 0 aliphatic carbocycles. The van der Waals surface area contributed by atoms with E-state index in [0.29, 0.717) is 22.2 Å². The molecular weight excluding hydrogens is 382 g/mol. The molecule has 152 valence electrons. The molecule has 4 aromatic rings. The second kappa shape index (κ2) is 7.44. The first-order valence-electron chi connectivity index (χ1n) is 9.89. The van der Waals surface area contributed by atoms with Gasteiger partial charge in [0.1, 0.15) is 0 Å². The van der Waals surface area contributed by atoms with E-state index in [4.69, 9.17) is 4.74 Å². The highest BCUT2D eigenvalue weighted by molar-refractivity contribution is 5.95. The molecule has 0 spiro atoms. The third-order valence-corrected chi connectivity index (χ3v) is 5.58. The van der Waals surface area contributed by atoms with Gasteiger partial charge in [-0.15, -0.1) is 0 Å². The molecule has 0 unspecified atom stereocenters. The van der Waals surface area contributed by atoms with Crippen LogP contribution in [0.15, 0.2) is 53.3 Å². The monoisotopic (exact) mass is 403 g/mol. The van der Waals surface area contributed by atoms with Crippen molar-refractivity contribution < 1.29 is 14.6 Å². The molecule has 1 fully saturated rings. The average Bonchev–Trinajstić information content (AvgIpc) is 3.16. The van der Waals surface area contributed by atoms with E-state index in [1.54, 1.807) is 18.2 Å². The van der Waals surface area contributed by atoms with Crippen LogP contribution in [-0.2, 0) is 11.3 Å². The summed E-state index contributed by atoms with van der Waals surface area (Å²) in [5.41, 5.74) is 3.93. The van der Waals surface area contributed by atoms with Crippen molar-refractivity contribution in [2.75, 3.05) is 26.3 Å². The van der Waals surface area contributed by atoms with Gasteiger partial charge < -0.3 is 19.8 Å². The molecule has 0 atom stereocenters. The number of rotatable bonds is 4. The first-order chi connectivity index (χ1) is 14.6. The largest absolute Gasteiger partial charge is 0.478 e. The summed E-state index contributed by atoms with van der Waals surface area (Å²) in [6.45, 7) is 4.27. The van der Waals surface area contributed by atoms with Crippen LogP contribution in [0.4, 0.5) is 0 Å². The van der Waals surface area contributed by atoms with Crippen LogP contribution < -0.4 is 5.56 Å². The number of hydrogen-bond acceptors (Lipinski definition) is 4. The number of ether oxygens (including phenoxy) is 1. The fourth-order valence-corrected chi connectivity index (χ4v) is 3.98. The number of nitrogens with one attached hydrogen (secondary N) is 2. The van der Waals surface area contributed by atoms with E-state index < -0.39 is 5.97 Å². The number of aromatic amines is 2. The van der Waals surface area contributed by atoms with Gasteiger partial charge in [0.15, 0.2) is 0 Å². The summed E-state index contributed by atoms with van der Waals surface area (Å²) >= 11 is 0. The third kappa shape index (κ3) is 3.49. The Morgan fingerprint density at radius 2 is 1.70 bits per heavy atom. The van der Waals surface area contributed by atoms with Gasteiger partial charge in [-0.05, 0) is 53.4 Å². The molecule has 0 saturated carbocycles. The van der Waals surface area contributed by atoms with Gasteiger partial charge in [-0.3, -0.25) is 9.69 Å². The Labute approximate surface area is 171 Å². The number of H-pyrrole nitrogens is 2. The van der Waals surface area contributed by atoms with E-state index in [2.05, 4.69) is 27.0 Å². The molecule has 7 heteroatoms. The third-order valence-electron chi connectivity index (χ3n) is 5.58. The second-order valence-corrected chi connectivity index (χ2v) is 7.61. The summed E-state index contributed by atoms with van der Waals surface area (Å²) in [7, 11) is 0. The number of fused-ring (bicyclic) bond motifs is 2. The minimum Gasteiger partial charge on any atom is -0.478 e. The number of aromatic carboxylic acids is 1. The van der Waals surface area contributed by atoms with Crippen molar-refractivity contribution in [1.82, 2.24) is 14.9 Å². The van der Waals surface area contributed by atoms with E-state index in [1.165, 1.54) is 11.6 Å². The van der Waals surface area contributed by atoms with Crippen LogP contribution in [0, 0.1) is 0 Å². The molecule has 2 aromatic heterocycles. The van der Waals surface area contributed by atoms with Gasteiger partial charge >= 0.3 is 5.97 Å². The molecular formula is C23H21N3O4. The van der Waals surface area contributed by atoms with Gasteiger partial charge in [-0.1, -0.05) is 6.07 Å². The summed E-state index contributed by atoms with van der Waals surface area (Å²) in [6.07, 6.45) is 0. The highest BCUT2D eigenvalue weighted by Gasteiger charge is 2.13. The average molecular weight is 403 g/mol. The number of morpholine rings is 1. The maximum Gasteiger partial charge on any atom is 0.335 e. The molecule has 1 aliphatic rings. The summed E-state index contributed by atoms with van der Waals surface area (Å²) in [6, 6.07) is 14.7. The minimum absolute atomic E-state index is 0.185. The molecule has 1 saturated heterocycles. The lowest BCUT2D eigenvalue weighted by atomic mass is 10.1. The predicted molar refractivity (Wildman–Crippen MR) is 115 cm³/mol. The van der Waals surface area contributed by atoms with Gasteiger partial charge in [0.05, 0.1) is 30.0 Å². The van der Waals surface area contributed by atoms with Crippen LogP contribution in [0.5, 0.6) is 0 Å². The first-order valence-corrected chi connectivity index (χ1v) is 9.89. The quantitative estimate of drug-likeness (QED) is 0.486. The zero-order chi connectivity index (χ0) is 20.7. The number of hydrogen-bond donors (Lipinski definition) is 3. The van der Waals surface area contributed by atoms with Crippen molar-refractivity contribution >= 4 is 27.8 Å². The van der Waals surface area contributed by atoms with Crippen molar-refractivity contribution in [1.29, 1.82) is 0 Å². The lowest BCUT2D eigenvalue weighted by Crippen LogP contribution is -2.35. The summed E-state index contributed by atoms with van der Waals surface area (Å²) < 4.78 is 5.41. The van der Waals surface area contributed by atoms with Crippen LogP contribution in [-0.4, -0.2) is 52.2 Å². The minimum atomic E-state index is -0.997. The molecule has 3 heterocycles. The van der Waals surface area contributed by atoms with E-state index in [0.717, 1.165) is 43.8 Å². The van der Waals surface area contributed by atoms with E-state index >= 15 is 0 Å². The molecule has 5 rings (SSSR count). The van der Waals surface area contributed by atoms with E-state index in [9.17, 15) is 14.7 Å². The number of carboxylic acid groups (broad SMARTS) is 1. The highest BCUT2D eigenvalue weighted by atomic mass is 16.5. The number of pyridine rings is 1. The Kier molecular flexibility index (Phi) is 4.61. The van der Waals surface area contributed by atoms with Crippen LogP contribution in [0.3, 0.4) is 0 Å². The normalized spacial score (nSPS) is 15.1. The molecule has 0 amide bonds. The number of nitrogens with zero attached hydrogens (tertiary/aromatic N) is 1. The van der Waals surface area contributed by atoms with Crippen LogP contribution in [0.1, 0.15) is 15.9 Å². The Morgan fingerprint density at radius 3 is 2.50 bits per heavy atom. The molecule has 0 radical (unpaired) electrons. The highest BCUT2D eigenvalue weighted by Crippen LogP contribution is 2.25. The maximum absolute atomic E-state index is 12.6. The Morgan fingerprint density at radius 1 is 0.967 bits per heavy atom. The summed E-state index contributed by atoms with van der Waals surface area (Å²) in [4.78, 5) is 32.4. The van der Waals surface area contributed by atoms with Crippen LogP contribution >= 0.6 is 0 Å². The Hall–Kier alpha value is -3.42. The van der Waals surface area contributed by atoms with Gasteiger partial charge in [0.2, 0.25) is 0 Å². The van der Waals surface area contributed by atoms with Crippen LogP contribution in [0.25, 0.3) is 33.1 Å².